The quantitative estimate of drug-likeness (QED) is 0.784. The van der Waals surface area contributed by atoms with Gasteiger partial charge in [-0.05, 0) is 13.3 Å². The highest BCUT2D eigenvalue weighted by molar-refractivity contribution is 7.15. The second-order valence-electron chi connectivity index (χ2n) is 4.30. The van der Waals surface area contributed by atoms with Crippen molar-refractivity contribution in [2.24, 2.45) is 0 Å². The zero-order valence-electron chi connectivity index (χ0n) is 9.63. The minimum absolute atomic E-state index is 0.176. The number of carbonyl (C=O) groups is 1. The summed E-state index contributed by atoms with van der Waals surface area (Å²) in [4.78, 5) is 15.5. The lowest BCUT2D eigenvalue weighted by molar-refractivity contribution is 0.150. The number of amides is 1. The van der Waals surface area contributed by atoms with Crippen molar-refractivity contribution in [3.05, 3.63) is 5.01 Å². The highest BCUT2D eigenvalue weighted by atomic mass is 32.1. The summed E-state index contributed by atoms with van der Waals surface area (Å²) in [5.41, 5.74) is 0. The van der Waals surface area contributed by atoms with E-state index in [4.69, 9.17) is 4.74 Å². The summed E-state index contributed by atoms with van der Waals surface area (Å²) >= 11 is 1.60. The molecule has 17 heavy (non-hydrogen) atoms. The summed E-state index contributed by atoms with van der Waals surface area (Å²) in [6.45, 7) is 4.96. The van der Waals surface area contributed by atoms with Crippen LogP contribution in [-0.2, 0) is 4.74 Å². The normalized spacial score (nSPS) is 24.5. The van der Waals surface area contributed by atoms with E-state index in [1.54, 1.807) is 11.3 Å². The van der Waals surface area contributed by atoms with Gasteiger partial charge in [-0.1, -0.05) is 11.3 Å². The predicted molar refractivity (Wildman–Crippen MR) is 63.3 cm³/mol. The molecule has 0 aromatic carbocycles. The molecule has 0 radical (unpaired) electrons. The third-order valence-electron chi connectivity index (χ3n) is 3.18. The van der Waals surface area contributed by atoms with Gasteiger partial charge >= 0.3 is 6.09 Å². The molecular weight excluding hydrogens is 240 g/mol. The van der Waals surface area contributed by atoms with E-state index in [2.05, 4.69) is 15.1 Å². The molecule has 1 aromatic rings. The lowest BCUT2D eigenvalue weighted by atomic mass is 10.2. The Balaban J connectivity index is 1.67. The largest absolute Gasteiger partial charge is 0.448 e. The van der Waals surface area contributed by atoms with E-state index in [1.165, 1.54) is 0 Å². The molecule has 1 aromatic heterocycles. The van der Waals surface area contributed by atoms with Gasteiger partial charge in [-0.25, -0.2) is 4.79 Å². The van der Waals surface area contributed by atoms with Gasteiger partial charge in [-0.3, -0.25) is 4.90 Å². The van der Waals surface area contributed by atoms with Crippen molar-refractivity contribution in [1.82, 2.24) is 15.1 Å². The van der Waals surface area contributed by atoms with Crippen LogP contribution in [0.5, 0.6) is 0 Å². The SMILES string of the molecule is Cc1nnc(N2CCC(N3CCOC3=O)C2)s1. The van der Waals surface area contributed by atoms with Crippen molar-refractivity contribution < 1.29 is 9.53 Å². The molecule has 1 amide bonds. The number of cyclic esters (lactones) is 1. The van der Waals surface area contributed by atoms with Gasteiger partial charge in [0.25, 0.3) is 0 Å². The summed E-state index contributed by atoms with van der Waals surface area (Å²) < 4.78 is 4.97. The molecule has 0 spiro atoms. The highest BCUT2D eigenvalue weighted by Gasteiger charge is 2.35. The first-order valence-electron chi connectivity index (χ1n) is 5.72. The van der Waals surface area contributed by atoms with Gasteiger partial charge in [0, 0.05) is 13.1 Å². The molecule has 3 heterocycles. The van der Waals surface area contributed by atoms with Gasteiger partial charge < -0.3 is 9.64 Å². The van der Waals surface area contributed by atoms with Crippen molar-refractivity contribution in [3.63, 3.8) is 0 Å². The zero-order valence-corrected chi connectivity index (χ0v) is 10.4. The van der Waals surface area contributed by atoms with Crippen LogP contribution in [0.25, 0.3) is 0 Å². The standard InChI is InChI=1S/C10H14N4O2S/c1-7-11-12-9(17-7)13-3-2-8(6-13)14-4-5-16-10(14)15/h8H,2-6H2,1H3. The molecule has 2 aliphatic rings. The molecule has 2 aliphatic heterocycles. The smallest absolute Gasteiger partial charge is 0.410 e. The van der Waals surface area contributed by atoms with Crippen LogP contribution < -0.4 is 4.90 Å². The Morgan fingerprint density at radius 3 is 2.94 bits per heavy atom. The molecule has 7 heteroatoms. The Labute approximate surface area is 103 Å². The number of ether oxygens (including phenoxy) is 1. The Bertz CT molecular complexity index is 436. The van der Waals surface area contributed by atoms with Crippen LogP contribution >= 0.6 is 11.3 Å². The molecule has 3 rings (SSSR count). The number of rotatable bonds is 2. The second kappa shape index (κ2) is 4.14. The highest BCUT2D eigenvalue weighted by Crippen LogP contribution is 2.26. The van der Waals surface area contributed by atoms with E-state index in [0.717, 1.165) is 29.6 Å². The van der Waals surface area contributed by atoms with Crippen LogP contribution in [0.2, 0.25) is 0 Å². The van der Waals surface area contributed by atoms with Gasteiger partial charge in [0.15, 0.2) is 0 Å². The van der Waals surface area contributed by atoms with E-state index < -0.39 is 0 Å². The Kier molecular flexibility index (Phi) is 2.62. The fourth-order valence-electron chi connectivity index (χ4n) is 2.32. The molecule has 1 atom stereocenters. The second-order valence-corrected chi connectivity index (χ2v) is 5.46. The third-order valence-corrected chi connectivity index (χ3v) is 4.08. The van der Waals surface area contributed by atoms with E-state index in [-0.39, 0.29) is 12.1 Å². The Morgan fingerprint density at radius 2 is 2.29 bits per heavy atom. The van der Waals surface area contributed by atoms with E-state index in [1.807, 2.05) is 11.8 Å². The first-order chi connectivity index (χ1) is 8.24. The summed E-state index contributed by atoms with van der Waals surface area (Å²) in [6.07, 6.45) is 0.804. The predicted octanol–water partition coefficient (Wildman–Crippen LogP) is 0.877. The molecule has 0 saturated carbocycles. The number of nitrogens with zero attached hydrogens (tertiary/aromatic N) is 4. The van der Waals surface area contributed by atoms with Crippen LogP contribution in [-0.4, -0.2) is 53.5 Å². The van der Waals surface area contributed by atoms with E-state index >= 15 is 0 Å². The number of anilines is 1. The molecule has 92 valence electrons. The maximum Gasteiger partial charge on any atom is 0.410 e. The number of carbonyl (C=O) groups excluding carboxylic acids is 1. The molecule has 6 nitrogen and oxygen atoms in total. The van der Waals surface area contributed by atoms with Crippen LogP contribution in [0, 0.1) is 6.92 Å². The van der Waals surface area contributed by atoms with Gasteiger partial charge in [-0.2, -0.15) is 0 Å². The maximum atomic E-state index is 11.5. The van der Waals surface area contributed by atoms with Crippen LogP contribution in [0.3, 0.4) is 0 Å². The maximum absolute atomic E-state index is 11.5. The average Bonchev–Trinajstić information content (AvgIpc) is 2.97. The minimum atomic E-state index is -0.176. The van der Waals surface area contributed by atoms with E-state index in [0.29, 0.717) is 13.2 Å². The fourth-order valence-corrected chi connectivity index (χ4v) is 3.04. The summed E-state index contributed by atoms with van der Waals surface area (Å²) in [5.74, 6) is 0. The molecular formula is C10H14N4O2S. The number of aromatic nitrogens is 2. The summed E-state index contributed by atoms with van der Waals surface area (Å²) in [7, 11) is 0. The summed E-state index contributed by atoms with van der Waals surface area (Å²) in [5, 5.41) is 10.1. The van der Waals surface area contributed by atoms with Crippen LogP contribution in [0.15, 0.2) is 0 Å². The van der Waals surface area contributed by atoms with Crippen LogP contribution in [0.1, 0.15) is 11.4 Å². The number of hydrogen-bond donors (Lipinski definition) is 0. The van der Waals surface area contributed by atoms with Gasteiger partial charge in [0.1, 0.15) is 11.6 Å². The monoisotopic (exact) mass is 254 g/mol. The van der Waals surface area contributed by atoms with Gasteiger partial charge in [-0.15, -0.1) is 10.2 Å². The van der Waals surface area contributed by atoms with Crippen molar-refractivity contribution in [1.29, 1.82) is 0 Å². The molecule has 1 unspecified atom stereocenters. The summed E-state index contributed by atoms with van der Waals surface area (Å²) in [6, 6.07) is 0.259. The number of aryl methyl sites for hydroxylation is 1. The molecule has 0 bridgehead atoms. The Morgan fingerprint density at radius 1 is 1.41 bits per heavy atom. The van der Waals surface area contributed by atoms with Gasteiger partial charge in [0.05, 0.1) is 12.6 Å². The van der Waals surface area contributed by atoms with Crippen molar-refractivity contribution >= 4 is 22.6 Å². The first kappa shape index (κ1) is 10.8. The molecule has 2 saturated heterocycles. The van der Waals surface area contributed by atoms with Crippen LogP contribution in [0.4, 0.5) is 9.93 Å². The number of hydrogen-bond acceptors (Lipinski definition) is 6. The third kappa shape index (κ3) is 1.95. The fraction of sp³-hybridized carbons (Fsp3) is 0.700. The zero-order chi connectivity index (χ0) is 11.8. The lowest BCUT2D eigenvalue weighted by Crippen LogP contribution is -2.38. The lowest BCUT2D eigenvalue weighted by Gasteiger charge is -2.21. The first-order valence-corrected chi connectivity index (χ1v) is 6.54. The van der Waals surface area contributed by atoms with Crippen molar-refractivity contribution in [3.8, 4) is 0 Å². The Hall–Kier alpha value is -1.37. The minimum Gasteiger partial charge on any atom is -0.448 e. The topological polar surface area (TPSA) is 58.6 Å². The van der Waals surface area contributed by atoms with Crippen molar-refractivity contribution in [2.45, 2.75) is 19.4 Å². The van der Waals surface area contributed by atoms with Gasteiger partial charge in [0.2, 0.25) is 5.13 Å². The van der Waals surface area contributed by atoms with Crippen molar-refractivity contribution in [2.75, 3.05) is 31.1 Å². The van der Waals surface area contributed by atoms with E-state index in [9.17, 15) is 4.79 Å². The molecule has 0 N–H and O–H groups in total. The average molecular weight is 254 g/mol. The molecule has 0 aliphatic carbocycles. The molecule has 2 fully saturated rings.